The van der Waals surface area contributed by atoms with Crippen LogP contribution in [0.4, 0.5) is 0 Å². The van der Waals surface area contributed by atoms with Crippen LogP contribution in [0.1, 0.15) is 60.7 Å². The van der Waals surface area contributed by atoms with Gasteiger partial charge in [0.2, 0.25) is 0 Å². The molecule has 4 aromatic rings. The van der Waals surface area contributed by atoms with E-state index in [4.69, 9.17) is 14.8 Å². The Balaban J connectivity index is 1.33. The molecule has 0 amide bonds. The highest BCUT2D eigenvalue weighted by atomic mass is 79.9. The summed E-state index contributed by atoms with van der Waals surface area (Å²) >= 11 is 3.61. The van der Waals surface area contributed by atoms with Gasteiger partial charge in [-0.1, -0.05) is 59.3 Å². The number of benzene rings is 3. The molecule has 0 bridgehead atoms. The molecule has 210 valence electrons. The maximum absolute atomic E-state index is 11.0. The van der Waals surface area contributed by atoms with E-state index in [1.807, 2.05) is 12.1 Å². The normalized spacial score (nSPS) is 13.8. The molecule has 0 atom stereocenters. The standard InChI is InChI=1S/C33H38BrN3O3/c1-2-25-20-24(11-12-26(25)13-16-33(38)39)23-40-31-9-4-3-8-27(31)22-37-30-15-14-28(34)21-29(30)35-32(37)10-7-19-36-17-5-6-18-36/h3-4,8-9,11-12,14-15,20-21H,2,5-7,10,13,16-19,22-23H2,1H3,(H,38,39). The average molecular weight is 605 g/mol. The molecule has 1 saturated heterocycles. The largest absolute Gasteiger partial charge is 0.489 e. The minimum absolute atomic E-state index is 0.149. The molecular weight excluding hydrogens is 566 g/mol. The molecule has 0 unspecified atom stereocenters. The maximum atomic E-state index is 11.0. The third-order valence-corrected chi connectivity index (χ3v) is 8.31. The first kappa shape index (κ1) is 28.4. The van der Waals surface area contributed by atoms with Crippen molar-refractivity contribution in [1.29, 1.82) is 0 Å². The highest BCUT2D eigenvalue weighted by Gasteiger charge is 2.16. The van der Waals surface area contributed by atoms with E-state index in [1.54, 1.807) is 0 Å². The molecule has 1 aliphatic heterocycles. The first-order valence-electron chi connectivity index (χ1n) is 14.4. The summed E-state index contributed by atoms with van der Waals surface area (Å²) < 4.78 is 9.77. The topological polar surface area (TPSA) is 67.6 Å². The van der Waals surface area contributed by atoms with Crippen LogP contribution >= 0.6 is 15.9 Å². The minimum atomic E-state index is -0.765. The number of hydrogen-bond acceptors (Lipinski definition) is 4. The third kappa shape index (κ3) is 7.12. The number of para-hydroxylation sites is 1. The fourth-order valence-electron chi connectivity index (χ4n) is 5.68. The number of nitrogens with zero attached hydrogens (tertiary/aromatic N) is 3. The summed E-state index contributed by atoms with van der Waals surface area (Å²) in [5.74, 6) is 1.23. The second-order valence-corrected chi connectivity index (χ2v) is 11.6. The van der Waals surface area contributed by atoms with Gasteiger partial charge in [-0.05, 0) is 92.7 Å². The van der Waals surface area contributed by atoms with Gasteiger partial charge in [0, 0.05) is 22.9 Å². The van der Waals surface area contributed by atoms with Crippen molar-refractivity contribution in [3.05, 3.63) is 93.2 Å². The lowest BCUT2D eigenvalue weighted by Crippen LogP contribution is -2.21. The van der Waals surface area contributed by atoms with E-state index in [1.165, 1.54) is 31.5 Å². The predicted molar refractivity (Wildman–Crippen MR) is 163 cm³/mol. The van der Waals surface area contributed by atoms with Crippen LogP contribution in [0, 0.1) is 0 Å². The van der Waals surface area contributed by atoms with Gasteiger partial charge in [0.1, 0.15) is 18.2 Å². The first-order valence-corrected chi connectivity index (χ1v) is 15.2. The van der Waals surface area contributed by atoms with Crippen LogP contribution in [0.25, 0.3) is 11.0 Å². The van der Waals surface area contributed by atoms with Gasteiger partial charge in [0.25, 0.3) is 0 Å². The van der Waals surface area contributed by atoms with E-state index in [0.717, 1.165) is 69.6 Å². The van der Waals surface area contributed by atoms with Gasteiger partial charge in [0.05, 0.1) is 17.6 Å². The number of aromatic nitrogens is 2. The van der Waals surface area contributed by atoms with Crippen LogP contribution in [0.3, 0.4) is 0 Å². The van der Waals surface area contributed by atoms with Crippen molar-refractivity contribution in [2.24, 2.45) is 0 Å². The van der Waals surface area contributed by atoms with Crippen molar-refractivity contribution in [2.75, 3.05) is 19.6 Å². The maximum Gasteiger partial charge on any atom is 0.303 e. The molecule has 0 radical (unpaired) electrons. The van der Waals surface area contributed by atoms with Gasteiger partial charge < -0.3 is 19.3 Å². The number of fused-ring (bicyclic) bond motifs is 1. The molecule has 0 saturated carbocycles. The van der Waals surface area contributed by atoms with E-state index < -0.39 is 5.97 Å². The number of carboxylic acids is 1. The lowest BCUT2D eigenvalue weighted by atomic mass is 9.98. The van der Waals surface area contributed by atoms with Crippen LogP contribution in [0.15, 0.2) is 65.1 Å². The molecule has 0 spiro atoms. The summed E-state index contributed by atoms with van der Waals surface area (Å²) in [5, 5.41) is 9.07. The van der Waals surface area contributed by atoms with Crippen LogP contribution < -0.4 is 4.74 Å². The van der Waals surface area contributed by atoms with Gasteiger partial charge >= 0.3 is 5.97 Å². The smallest absolute Gasteiger partial charge is 0.303 e. The molecule has 2 heterocycles. The molecular formula is C33H38BrN3O3. The second kappa shape index (κ2) is 13.5. The van der Waals surface area contributed by atoms with Crippen LogP contribution in [0.5, 0.6) is 5.75 Å². The number of ether oxygens (including phenoxy) is 1. The lowest BCUT2D eigenvalue weighted by molar-refractivity contribution is -0.136. The Labute approximate surface area is 245 Å². The summed E-state index contributed by atoms with van der Waals surface area (Å²) in [7, 11) is 0. The Hall–Kier alpha value is -3.16. The van der Waals surface area contributed by atoms with Crippen molar-refractivity contribution >= 4 is 32.9 Å². The Kier molecular flexibility index (Phi) is 9.55. The SMILES string of the molecule is CCc1cc(COc2ccccc2Cn2c(CCCN3CCCC3)nc3cc(Br)ccc32)ccc1CCC(=O)O. The Morgan fingerprint density at radius 1 is 1.00 bits per heavy atom. The van der Waals surface area contributed by atoms with Gasteiger partial charge in [-0.2, -0.15) is 0 Å². The molecule has 1 fully saturated rings. The first-order chi connectivity index (χ1) is 19.5. The zero-order chi connectivity index (χ0) is 27.9. The summed E-state index contributed by atoms with van der Waals surface area (Å²) in [6.07, 6.45) is 6.25. The van der Waals surface area contributed by atoms with Gasteiger partial charge in [0.15, 0.2) is 0 Å². The van der Waals surface area contributed by atoms with Crippen molar-refractivity contribution in [3.63, 3.8) is 0 Å². The number of carboxylic acid groups (broad SMARTS) is 1. The highest BCUT2D eigenvalue weighted by Crippen LogP contribution is 2.27. The number of rotatable bonds is 13. The van der Waals surface area contributed by atoms with E-state index in [2.05, 4.69) is 80.9 Å². The zero-order valence-corrected chi connectivity index (χ0v) is 24.8. The number of likely N-dealkylation sites (tertiary alicyclic amines) is 1. The molecule has 1 aromatic heterocycles. The Bertz CT molecular complexity index is 1460. The summed E-state index contributed by atoms with van der Waals surface area (Å²) in [5.41, 5.74) is 6.65. The van der Waals surface area contributed by atoms with Crippen LogP contribution in [-0.2, 0) is 37.2 Å². The van der Waals surface area contributed by atoms with Crippen LogP contribution in [0.2, 0.25) is 0 Å². The van der Waals surface area contributed by atoms with Gasteiger partial charge in [-0.15, -0.1) is 0 Å². The number of imidazole rings is 1. The van der Waals surface area contributed by atoms with E-state index in [-0.39, 0.29) is 6.42 Å². The third-order valence-electron chi connectivity index (χ3n) is 7.82. The fraction of sp³-hybridized carbons (Fsp3) is 0.394. The molecule has 1 aliphatic rings. The molecule has 0 aliphatic carbocycles. The summed E-state index contributed by atoms with van der Waals surface area (Å²) in [6.45, 7) is 6.83. The molecule has 3 aromatic carbocycles. The zero-order valence-electron chi connectivity index (χ0n) is 23.2. The van der Waals surface area contributed by atoms with E-state index >= 15 is 0 Å². The fourth-order valence-corrected chi connectivity index (χ4v) is 6.03. The minimum Gasteiger partial charge on any atom is -0.489 e. The second-order valence-electron chi connectivity index (χ2n) is 10.6. The summed E-state index contributed by atoms with van der Waals surface area (Å²) in [6, 6.07) is 20.9. The van der Waals surface area contributed by atoms with Crippen molar-refractivity contribution in [2.45, 2.75) is 65.0 Å². The van der Waals surface area contributed by atoms with Gasteiger partial charge in [-0.3, -0.25) is 4.79 Å². The van der Waals surface area contributed by atoms with Gasteiger partial charge in [-0.25, -0.2) is 4.98 Å². The number of hydrogen-bond donors (Lipinski definition) is 1. The van der Waals surface area contributed by atoms with Crippen molar-refractivity contribution in [1.82, 2.24) is 14.5 Å². The van der Waals surface area contributed by atoms with Crippen LogP contribution in [-0.4, -0.2) is 45.2 Å². The number of aliphatic carboxylic acids is 1. The molecule has 5 rings (SSSR count). The average Bonchev–Trinajstić information content (AvgIpc) is 3.59. The summed E-state index contributed by atoms with van der Waals surface area (Å²) in [4.78, 5) is 18.6. The molecule has 6 nitrogen and oxygen atoms in total. The van der Waals surface area contributed by atoms with Crippen molar-refractivity contribution < 1.29 is 14.6 Å². The predicted octanol–water partition coefficient (Wildman–Crippen LogP) is 7.03. The number of halogens is 1. The molecule has 1 N–H and O–H groups in total. The van der Waals surface area contributed by atoms with E-state index in [0.29, 0.717) is 19.6 Å². The Morgan fingerprint density at radius 2 is 1.82 bits per heavy atom. The Morgan fingerprint density at radius 3 is 2.62 bits per heavy atom. The molecule has 7 heteroatoms. The van der Waals surface area contributed by atoms with E-state index in [9.17, 15) is 4.79 Å². The highest BCUT2D eigenvalue weighted by molar-refractivity contribution is 9.10. The monoisotopic (exact) mass is 603 g/mol. The quantitative estimate of drug-likeness (QED) is 0.178. The number of aryl methyl sites for hydroxylation is 3. The van der Waals surface area contributed by atoms with Crippen molar-refractivity contribution in [3.8, 4) is 5.75 Å². The number of carbonyl (C=O) groups is 1. The molecule has 40 heavy (non-hydrogen) atoms. The lowest BCUT2D eigenvalue weighted by Gasteiger charge is -2.16.